The number of para-hydroxylation sites is 1. The summed E-state index contributed by atoms with van der Waals surface area (Å²) in [6.45, 7) is 0.678. The fourth-order valence-electron chi connectivity index (χ4n) is 3.52. The van der Waals surface area contributed by atoms with Crippen molar-refractivity contribution in [2.45, 2.75) is 12.5 Å². The van der Waals surface area contributed by atoms with Crippen LogP contribution in [0.25, 0.3) is 0 Å². The summed E-state index contributed by atoms with van der Waals surface area (Å²) in [5, 5.41) is 2.73. The Balaban J connectivity index is 1.80. The van der Waals surface area contributed by atoms with Crippen LogP contribution >= 0.6 is 22.9 Å². The van der Waals surface area contributed by atoms with Crippen LogP contribution in [-0.2, 0) is 6.42 Å². The predicted molar refractivity (Wildman–Crippen MR) is 105 cm³/mol. The maximum absolute atomic E-state index is 13.3. The summed E-state index contributed by atoms with van der Waals surface area (Å²) in [5.41, 5.74) is 2.85. The minimum absolute atomic E-state index is 0.00872. The van der Waals surface area contributed by atoms with Gasteiger partial charge >= 0.3 is 0 Å². The molecule has 5 heteroatoms. The fraction of sp³-hybridized carbons (Fsp3) is 0.190. The lowest BCUT2D eigenvalue weighted by atomic mass is 9.92. The van der Waals surface area contributed by atoms with E-state index in [-0.39, 0.29) is 11.9 Å². The Morgan fingerprint density at radius 2 is 1.88 bits per heavy atom. The van der Waals surface area contributed by atoms with Gasteiger partial charge in [0.25, 0.3) is 5.91 Å². The Morgan fingerprint density at radius 1 is 1.12 bits per heavy atom. The first-order chi connectivity index (χ1) is 12.7. The molecule has 1 aromatic heterocycles. The number of rotatable bonds is 3. The molecule has 0 aliphatic carbocycles. The summed E-state index contributed by atoms with van der Waals surface area (Å²) in [6.07, 6.45) is 0.873. The molecule has 26 heavy (non-hydrogen) atoms. The van der Waals surface area contributed by atoms with E-state index in [1.807, 2.05) is 29.2 Å². The highest BCUT2D eigenvalue weighted by Crippen LogP contribution is 2.41. The third kappa shape index (κ3) is 3.00. The summed E-state index contributed by atoms with van der Waals surface area (Å²) in [7, 11) is 1.67. The van der Waals surface area contributed by atoms with Crippen molar-refractivity contribution < 1.29 is 9.53 Å². The van der Waals surface area contributed by atoms with Gasteiger partial charge < -0.3 is 9.64 Å². The molecular formula is C21H18ClNO2S. The number of amides is 1. The number of carbonyl (C=O) groups excluding carboxylic acids is 1. The zero-order valence-electron chi connectivity index (χ0n) is 14.3. The van der Waals surface area contributed by atoms with E-state index >= 15 is 0 Å². The molecule has 0 bridgehead atoms. The molecule has 1 aliphatic heterocycles. The number of hydrogen-bond donors (Lipinski definition) is 0. The maximum Gasteiger partial charge on any atom is 0.254 e. The molecule has 2 heterocycles. The molecule has 4 rings (SSSR count). The highest BCUT2D eigenvalue weighted by molar-refractivity contribution is 7.10. The Hall–Kier alpha value is -2.30. The second-order valence-electron chi connectivity index (χ2n) is 6.20. The van der Waals surface area contributed by atoms with Crippen molar-refractivity contribution in [3.63, 3.8) is 0 Å². The molecule has 1 unspecified atom stereocenters. The van der Waals surface area contributed by atoms with E-state index in [1.54, 1.807) is 42.7 Å². The highest BCUT2D eigenvalue weighted by atomic mass is 35.5. The third-order valence-electron chi connectivity index (χ3n) is 4.75. The Bertz CT molecular complexity index is 935. The van der Waals surface area contributed by atoms with Crippen LogP contribution in [0.1, 0.15) is 32.4 Å². The SMILES string of the molecule is COc1ccccc1C1c2ccsc2CCN1C(=O)c1ccc(Cl)cc1. The molecule has 1 amide bonds. The van der Waals surface area contributed by atoms with Gasteiger partial charge in [0, 0.05) is 27.6 Å². The zero-order chi connectivity index (χ0) is 18.1. The normalized spacial score (nSPS) is 16.2. The van der Waals surface area contributed by atoms with Gasteiger partial charge in [-0.3, -0.25) is 4.79 Å². The summed E-state index contributed by atoms with van der Waals surface area (Å²) >= 11 is 7.73. The average molecular weight is 384 g/mol. The molecule has 132 valence electrons. The number of benzene rings is 2. The van der Waals surface area contributed by atoms with Crippen LogP contribution in [0.15, 0.2) is 60.0 Å². The summed E-state index contributed by atoms with van der Waals surface area (Å²) in [4.78, 5) is 16.5. The van der Waals surface area contributed by atoms with Crippen LogP contribution in [0.3, 0.4) is 0 Å². The number of nitrogens with zero attached hydrogens (tertiary/aromatic N) is 1. The zero-order valence-corrected chi connectivity index (χ0v) is 15.9. The second-order valence-corrected chi connectivity index (χ2v) is 7.64. The number of methoxy groups -OCH3 is 1. The van der Waals surface area contributed by atoms with Gasteiger partial charge in [0.1, 0.15) is 5.75 Å². The van der Waals surface area contributed by atoms with Gasteiger partial charge in [0.05, 0.1) is 13.2 Å². The van der Waals surface area contributed by atoms with Gasteiger partial charge in [0.15, 0.2) is 0 Å². The van der Waals surface area contributed by atoms with Crippen molar-refractivity contribution in [2.75, 3.05) is 13.7 Å². The highest BCUT2D eigenvalue weighted by Gasteiger charge is 2.34. The molecular weight excluding hydrogens is 366 g/mol. The van der Waals surface area contributed by atoms with Crippen LogP contribution in [0.4, 0.5) is 0 Å². The first-order valence-corrected chi connectivity index (χ1v) is 9.70. The minimum Gasteiger partial charge on any atom is -0.496 e. The molecule has 1 aliphatic rings. The molecule has 2 aromatic carbocycles. The Kier molecular flexibility index (Phi) is 4.70. The van der Waals surface area contributed by atoms with Gasteiger partial charge in [-0.15, -0.1) is 11.3 Å². The van der Waals surface area contributed by atoms with E-state index in [1.165, 1.54) is 10.4 Å². The summed E-state index contributed by atoms with van der Waals surface area (Å²) in [5.74, 6) is 0.805. The molecule has 3 nitrogen and oxygen atoms in total. The molecule has 1 atom stereocenters. The van der Waals surface area contributed by atoms with Crippen molar-refractivity contribution >= 4 is 28.8 Å². The number of carbonyl (C=O) groups is 1. The Labute approximate surface area is 161 Å². The molecule has 3 aromatic rings. The van der Waals surface area contributed by atoms with Gasteiger partial charge in [-0.25, -0.2) is 0 Å². The monoisotopic (exact) mass is 383 g/mol. The lowest BCUT2D eigenvalue weighted by molar-refractivity contribution is 0.0694. The molecule has 0 fully saturated rings. The smallest absolute Gasteiger partial charge is 0.254 e. The van der Waals surface area contributed by atoms with E-state index in [2.05, 4.69) is 11.4 Å². The van der Waals surface area contributed by atoms with Crippen LogP contribution in [0, 0.1) is 0 Å². The van der Waals surface area contributed by atoms with Crippen molar-refractivity contribution in [1.82, 2.24) is 4.90 Å². The van der Waals surface area contributed by atoms with Crippen LogP contribution in [0.5, 0.6) is 5.75 Å². The van der Waals surface area contributed by atoms with Crippen LogP contribution < -0.4 is 4.74 Å². The lowest BCUT2D eigenvalue weighted by Gasteiger charge is -2.37. The number of halogens is 1. The van der Waals surface area contributed by atoms with E-state index in [9.17, 15) is 4.79 Å². The molecule has 0 spiro atoms. The van der Waals surface area contributed by atoms with Crippen molar-refractivity contribution in [3.8, 4) is 5.75 Å². The van der Waals surface area contributed by atoms with E-state index < -0.39 is 0 Å². The van der Waals surface area contributed by atoms with E-state index in [0.717, 1.165) is 17.7 Å². The summed E-state index contributed by atoms with van der Waals surface area (Å²) < 4.78 is 5.59. The van der Waals surface area contributed by atoms with Crippen molar-refractivity contribution in [3.05, 3.63) is 86.6 Å². The van der Waals surface area contributed by atoms with Crippen LogP contribution in [-0.4, -0.2) is 24.5 Å². The fourth-order valence-corrected chi connectivity index (χ4v) is 4.55. The molecule has 0 saturated heterocycles. The topological polar surface area (TPSA) is 29.5 Å². The van der Waals surface area contributed by atoms with Crippen molar-refractivity contribution in [2.24, 2.45) is 0 Å². The molecule has 0 N–H and O–H groups in total. The Morgan fingerprint density at radius 3 is 2.65 bits per heavy atom. The quantitative estimate of drug-likeness (QED) is 0.622. The molecule has 0 radical (unpaired) electrons. The van der Waals surface area contributed by atoms with Crippen LogP contribution in [0.2, 0.25) is 5.02 Å². The van der Waals surface area contributed by atoms with E-state index in [4.69, 9.17) is 16.3 Å². The van der Waals surface area contributed by atoms with Gasteiger partial charge in [-0.05, 0) is 53.8 Å². The second kappa shape index (κ2) is 7.14. The van der Waals surface area contributed by atoms with Crippen molar-refractivity contribution in [1.29, 1.82) is 0 Å². The first kappa shape index (κ1) is 17.1. The number of hydrogen-bond acceptors (Lipinski definition) is 3. The average Bonchev–Trinajstić information content (AvgIpc) is 3.16. The third-order valence-corrected chi connectivity index (χ3v) is 6.00. The number of fused-ring (bicyclic) bond motifs is 1. The standard InChI is InChI=1S/C21H18ClNO2S/c1-25-18-5-3-2-4-16(18)20-17-11-13-26-19(17)10-12-23(20)21(24)14-6-8-15(22)9-7-14/h2-9,11,13,20H,10,12H2,1H3. The maximum atomic E-state index is 13.3. The molecule has 0 saturated carbocycles. The van der Waals surface area contributed by atoms with E-state index in [0.29, 0.717) is 17.1 Å². The predicted octanol–water partition coefficient (Wildman–Crippen LogP) is 5.20. The largest absolute Gasteiger partial charge is 0.496 e. The first-order valence-electron chi connectivity index (χ1n) is 8.44. The summed E-state index contributed by atoms with van der Waals surface area (Å²) in [6, 6.07) is 17.0. The number of thiophene rings is 1. The van der Waals surface area contributed by atoms with Gasteiger partial charge in [0.2, 0.25) is 0 Å². The van der Waals surface area contributed by atoms with Gasteiger partial charge in [-0.1, -0.05) is 29.8 Å². The minimum atomic E-state index is -0.149. The van der Waals surface area contributed by atoms with Gasteiger partial charge in [-0.2, -0.15) is 0 Å². The lowest BCUT2D eigenvalue weighted by Crippen LogP contribution is -2.40. The number of ether oxygens (including phenoxy) is 1.